The van der Waals surface area contributed by atoms with Gasteiger partial charge in [-0.2, -0.15) is 0 Å². The maximum Gasteiger partial charge on any atom is 1.00 e. The summed E-state index contributed by atoms with van der Waals surface area (Å²) in [5, 5.41) is 15.8. The van der Waals surface area contributed by atoms with Crippen LogP contribution in [0.25, 0.3) is 0 Å². The van der Waals surface area contributed by atoms with Crippen molar-refractivity contribution in [3.63, 3.8) is 0 Å². The molecule has 0 aliphatic carbocycles. The summed E-state index contributed by atoms with van der Waals surface area (Å²) in [6.45, 7) is 1.20. The maximum absolute atomic E-state index is 9.45. The summed E-state index contributed by atoms with van der Waals surface area (Å²) in [6, 6.07) is 0. The van der Waals surface area contributed by atoms with Gasteiger partial charge in [0.15, 0.2) is 0 Å². The van der Waals surface area contributed by atoms with E-state index in [1.54, 1.807) is 0 Å². The average molecular weight is 125 g/mol. The Morgan fingerprint density at radius 2 is 1.88 bits per heavy atom. The first kappa shape index (κ1) is 15.8. The van der Waals surface area contributed by atoms with Gasteiger partial charge in [-0.15, -0.1) is 0 Å². The Kier molecular flexibility index (Phi) is 14.8. The Morgan fingerprint density at radius 3 is 1.88 bits per heavy atom. The van der Waals surface area contributed by atoms with Gasteiger partial charge in [-0.1, -0.05) is 0 Å². The Morgan fingerprint density at radius 1 is 1.75 bits per heavy atom. The third-order valence-electron chi connectivity index (χ3n) is 0.357. The zero-order valence-electron chi connectivity index (χ0n) is 5.96. The van der Waals surface area contributed by atoms with Crippen molar-refractivity contribution in [2.24, 2.45) is 0 Å². The minimum Gasteiger partial charge on any atom is -1.00 e. The number of carboxylic acids is 1. The van der Waals surface area contributed by atoms with E-state index < -0.39 is 12.1 Å². The molecule has 0 aromatic rings. The van der Waals surface area contributed by atoms with Crippen molar-refractivity contribution in [2.45, 2.75) is 13.0 Å². The Bertz CT molecular complexity index is 70.1. The number of aliphatic carboxylic acids is 1. The van der Waals surface area contributed by atoms with E-state index in [1.807, 2.05) is 0 Å². The topological polar surface area (TPSA) is 57.5 Å². The van der Waals surface area contributed by atoms with Crippen molar-refractivity contribution in [2.75, 3.05) is 0 Å². The molecule has 3 radical (unpaired) electrons. The van der Waals surface area contributed by atoms with Gasteiger partial charge in [0.2, 0.25) is 0 Å². The summed E-state index contributed by atoms with van der Waals surface area (Å²) < 4.78 is 0. The zero-order chi connectivity index (χ0) is 5.15. The van der Waals surface area contributed by atoms with E-state index in [1.165, 1.54) is 6.92 Å². The Labute approximate surface area is 73.4 Å². The summed E-state index contributed by atoms with van der Waals surface area (Å²) >= 11 is 0. The SMILES string of the molecule is CC(O)C(=O)O.[B].[H-].[Na+]. The van der Waals surface area contributed by atoms with Gasteiger partial charge in [0.25, 0.3) is 0 Å². The summed E-state index contributed by atoms with van der Waals surface area (Å²) in [4.78, 5) is 9.45. The molecule has 0 aromatic carbocycles. The fourth-order valence-corrected chi connectivity index (χ4v) is 0. The van der Waals surface area contributed by atoms with E-state index >= 15 is 0 Å². The van der Waals surface area contributed by atoms with Gasteiger partial charge >= 0.3 is 35.5 Å². The normalized spacial score (nSPS) is 10.2. The molecule has 1 unspecified atom stereocenters. The van der Waals surface area contributed by atoms with E-state index in [0.29, 0.717) is 0 Å². The molecule has 0 rings (SSSR count). The molecule has 0 spiro atoms. The van der Waals surface area contributed by atoms with Crippen LogP contribution in [0, 0.1) is 0 Å². The molecule has 0 amide bonds. The molecule has 3 nitrogen and oxygen atoms in total. The molecule has 0 aliphatic rings. The molecule has 2 N–H and O–H groups in total. The smallest absolute Gasteiger partial charge is 1.00 e. The summed E-state index contributed by atoms with van der Waals surface area (Å²) in [5.41, 5.74) is 0. The third-order valence-corrected chi connectivity index (χ3v) is 0.357. The molecule has 0 aromatic heterocycles. The van der Waals surface area contributed by atoms with Gasteiger partial charge < -0.3 is 11.6 Å². The van der Waals surface area contributed by atoms with Crippen LogP contribution in [0.15, 0.2) is 0 Å². The van der Waals surface area contributed by atoms with Crippen molar-refractivity contribution in [3.05, 3.63) is 0 Å². The monoisotopic (exact) mass is 125 g/mol. The second-order valence-corrected chi connectivity index (χ2v) is 1.01. The van der Waals surface area contributed by atoms with Crippen LogP contribution >= 0.6 is 0 Å². The van der Waals surface area contributed by atoms with Crippen LogP contribution in [0.3, 0.4) is 0 Å². The first-order valence-electron chi connectivity index (χ1n) is 1.55. The second kappa shape index (κ2) is 7.49. The minimum atomic E-state index is -1.23. The molecular weight excluding hydrogens is 118 g/mol. The van der Waals surface area contributed by atoms with E-state index in [4.69, 9.17) is 10.2 Å². The molecule has 0 heterocycles. The van der Waals surface area contributed by atoms with Crippen molar-refractivity contribution in [1.82, 2.24) is 0 Å². The van der Waals surface area contributed by atoms with Gasteiger partial charge in [-0.25, -0.2) is 4.79 Å². The van der Waals surface area contributed by atoms with Crippen LogP contribution < -0.4 is 29.6 Å². The Hall–Kier alpha value is 0.495. The molecule has 0 saturated carbocycles. The molecule has 0 bridgehead atoms. The van der Waals surface area contributed by atoms with E-state index in [-0.39, 0.29) is 39.4 Å². The molecule has 0 aliphatic heterocycles. The number of carbonyl (C=O) groups is 1. The second-order valence-electron chi connectivity index (χ2n) is 1.01. The minimum absolute atomic E-state index is 0. The van der Waals surface area contributed by atoms with Gasteiger partial charge in [0.1, 0.15) is 6.10 Å². The van der Waals surface area contributed by atoms with Crippen LogP contribution in [0.1, 0.15) is 8.35 Å². The summed E-state index contributed by atoms with van der Waals surface area (Å²) in [5.74, 6) is -1.19. The molecular formula is C3H7BNaO3. The molecule has 8 heavy (non-hydrogen) atoms. The quantitative estimate of drug-likeness (QED) is 0.353. The number of rotatable bonds is 1. The van der Waals surface area contributed by atoms with Crippen molar-refractivity contribution < 1.29 is 46.0 Å². The first-order chi connectivity index (χ1) is 2.64. The number of hydrogen-bond donors (Lipinski definition) is 2. The van der Waals surface area contributed by atoms with E-state index in [2.05, 4.69) is 0 Å². The number of carboxylic acid groups (broad SMARTS) is 1. The van der Waals surface area contributed by atoms with Crippen LogP contribution in [-0.2, 0) is 4.79 Å². The van der Waals surface area contributed by atoms with Crippen LogP contribution in [-0.4, -0.2) is 30.7 Å². The first-order valence-corrected chi connectivity index (χ1v) is 1.55. The number of hydrogen-bond acceptors (Lipinski definition) is 2. The predicted octanol–water partition coefficient (Wildman–Crippen LogP) is -3.81. The van der Waals surface area contributed by atoms with Crippen molar-refractivity contribution in [1.29, 1.82) is 0 Å². The fraction of sp³-hybridized carbons (Fsp3) is 0.667. The maximum atomic E-state index is 9.45. The average Bonchev–Trinajstić information content (AvgIpc) is 1.36. The van der Waals surface area contributed by atoms with Crippen molar-refractivity contribution >= 4 is 14.4 Å². The largest absolute Gasteiger partial charge is 1.00 e. The summed E-state index contributed by atoms with van der Waals surface area (Å²) in [6.07, 6.45) is -1.23. The number of aliphatic hydroxyl groups excluding tert-OH is 1. The van der Waals surface area contributed by atoms with Crippen molar-refractivity contribution in [3.8, 4) is 0 Å². The summed E-state index contributed by atoms with van der Waals surface area (Å²) in [7, 11) is 0. The van der Waals surface area contributed by atoms with Gasteiger partial charge in [-0.05, 0) is 6.92 Å². The molecule has 5 heteroatoms. The fourth-order valence-electron chi connectivity index (χ4n) is 0. The number of aliphatic hydroxyl groups is 1. The van der Waals surface area contributed by atoms with E-state index in [9.17, 15) is 4.79 Å². The third kappa shape index (κ3) is 9.71. The molecule has 0 fully saturated rings. The van der Waals surface area contributed by atoms with Crippen LogP contribution in [0.4, 0.5) is 0 Å². The predicted molar refractivity (Wildman–Crippen MR) is 26.2 cm³/mol. The van der Waals surface area contributed by atoms with Gasteiger partial charge in [0.05, 0.1) is 0 Å². The molecule has 1 atom stereocenters. The molecule has 0 saturated heterocycles. The van der Waals surface area contributed by atoms with E-state index in [0.717, 1.165) is 0 Å². The van der Waals surface area contributed by atoms with Gasteiger partial charge in [0, 0.05) is 8.41 Å². The molecule has 41 valence electrons. The van der Waals surface area contributed by atoms with Gasteiger partial charge in [-0.3, -0.25) is 0 Å². The zero-order valence-corrected chi connectivity index (χ0v) is 6.96. The van der Waals surface area contributed by atoms with Crippen LogP contribution in [0.2, 0.25) is 0 Å². The standard InChI is InChI=1S/C3H6O3.B.Na.H/c1-2(4)3(5)6;;;/h2,4H,1H3,(H,5,6);;;/q;;+1;-1. The Balaban J connectivity index is -0.0000000417. The van der Waals surface area contributed by atoms with Crippen LogP contribution in [0.5, 0.6) is 0 Å².